The van der Waals surface area contributed by atoms with Crippen molar-refractivity contribution in [3.8, 4) is 5.75 Å². The summed E-state index contributed by atoms with van der Waals surface area (Å²) in [7, 11) is 0. The molecule has 1 aromatic rings. The molecule has 0 saturated carbocycles. The molecule has 3 nitrogen and oxygen atoms in total. The Labute approximate surface area is 84.3 Å². The second kappa shape index (κ2) is 7.35. The van der Waals surface area contributed by atoms with E-state index in [0.717, 1.165) is 12.2 Å². The molecule has 14 heavy (non-hydrogen) atoms. The lowest BCUT2D eigenvalue weighted by Gasteiger charge is -2.05. The maximum atomic E-state index is 8.44. The van der Waals surface area contributed by atoms with E-state index >= 15 is 0 Å². The van der Waals surface area contributed by atoms with Gasteiger partial charge >= 0.3 is 0 Å². The molecule has 0 aromatic heterocycles. The van der Waals surface area contributed by atoms with Gasteiger partial charge in [-0.2, -0.15) is 0 Å². The highest BCUT2D eigenvalue weighted by Gasteiger charge is 1.91. The van der Waals surface area contributed by atoms with Crippen LogP contribution in [0.3, 0.4) is 0 Å². The Morgan fingerprint density at radius 2 is 1.79 bits per heavy atom. The molecule has 0 aliphatic carbocycles. The molecule has 0 spiro atoms. The monoisotopic (exact) mass is 196 g/mol. The van der Waals surface area contributed by atoms with Gasteiger partial charge in [-0.25, -0.2) is 0 Å². The van der Waals surface area contributed by atoms with Crippen LogP contribution in [0.1, 0.15) is 6.42 Å². The van der Waals surface area contributed by atoms with Crippen molar-refractivity contribution < 1.29 is 14.6 Å². The average molecular weight is 196 g/mol. The summed E-state index contributed by atoms with van der Waals surface area (Å²) in [6.07, 6.45) is 0.842. The van der Waals surface area contributed by atoms with Gasteiger partial charge in [0, 0.05) is 13.0 Å². The van der Waals surface area contributed by atoms with Crippen molar-refractivity contribution in [2.24, 2.45) is 0 Å². The molecule has 0 atom stereocenters. The molecule has 78 valence electrons. The number of ether oxygens (including phenoxy) is 2. The highest BCUT2D eigenvalue weighted by Crippen LogP contribution is 2.08. The molecular weight excluding hydrogens is 180 g/mol. The minimum atomic E-state index is 0.0829. The van der Waals surface area contributed by atoms with Crippen molar-refractivity contribution in [1.29, 1.82) is 0 Å². The molecule has 0 amide bonds. The Kier molecular flexibility index (Phi) is 5.79. The quantitative estimate of drug-likeness (QED) is 0.671. The van der Waals surface area contributed by atoms with Crippen LogP contribution in [0.4, 0.5) is 0 Å². The Balaban J connectivity index is 1.99. The SMILES string of the molecule is OCCOCCCOc1ccccc1. The maximum absolute atomic E-state index is 8.44. The van der Waals surface area contributed by atoms with E-state index in [4.69, 9.17) is 14.6 Å². The van der Waals surface area contributed by atoms with Gasteiger partial charge in [0.2, 0.25) is 0 Å². The number of hydrogen-bond acceptors (Lipinski definition) is 3. The van der Waals surface area contributed by atoms with Crippen LogP contribution in [0, 0.1) is 0 Å². The first-order chi connectivity index (χ1) is 6.93. The summed E-state index contributed by atoms with van der Waals surface area (Å²) >= 11 is 0. The molecule has 0 saturated heterocycles. The first kappa shape index (κ1) is 11.0. The zero-order valence-electron chi connectivity index (χ0n) is 8.19. The van der Waals surface area contributed by atoms with Gasteiger partial charge in [-0.3, -0.25) is 0 Å². The highest BCUT2D eigenvalue weighted by atomic mass is 16.5. The predicted octanol–water partition coefficient (Wildman–Crippen LogP) is 1.46. The van der Waals surface area contributed by atoms with E-state index in [1.807, 2.05) is 30.3 Å². The van der Waals surface area contributed by atoms with Crippen molar-refractivity contribution >= 4 is 0 Å². The Bertz CT molecular complexity index is 223. The minimum Gasteiger partial charge on any atom is -0.494 e. The largest absolute Gasteiger partial charge is 0.494 e. The van der Waals surface area contributed by atoms with Gasteiger partial charge in [0.1, 0.15) is 5.75 Å². The molecule has 0 bridgehead atoms. The molecule has 1 aromatic carbocycles. The lowest BCUT2D eigenvalue weighted by molar-refractivity contribution is 0.0836. The van der Waals surface area contributed by atoms with E-state index in [9.17, 15) is 0 Å². The van der Waals surface area contributed by atoms with E-state index in [1.54, 1.807) is 0 Å². The number of benzene rings is 1. The number of aliphatic hydroxyl groups is 1. The fourth-order valence-corrected chi connectivity index (χ4v) is 1.03. The van der Waals surface area contributed by atoms with Crippen molar-refractivity contribution in [2.75, 3.05) is 26.4 Å². The maximum Gasteiger partial charge on any atom is 0.119 e. The number of rotatable bonds is 7. The van der Waals surface area contributed by atoms with Gasteiger partial charge in [0.15, 0.2) is 0 Å². The average Bonchev–Trinajstić information content (AvgIpc) is 2.25. The summed E-state index contributed by atoms with van der Waals surface area (Å²) in [5.74, 6) is 0.884. The van der Waals surface area contributed by atoms with Gasteiger partial charge < -0.3 is 14.6 Å². The summed E-state index contributed by atoms with van der Waals surface area (Å²) in [4.78, 5) is 0. The molecule has 1 N–H and O–H groups in total. The molecule has 1 rings (SSSR count). The first-order valence-electron chi connectivity index (χ1n) is 4.80. The topological polar surface area (TPSA) is 38.7 Å². The summed E-state index contributed by atoms with van der Waals surface area (Å²) < 4.78 is 10.5. The van der Waals surface area contributed by atoms with Crippen LogP contribution < -0.4 is 4.74 Å². The van der Waals surface area contributed by atoms with E-state index in [-0.39, 0.29) is 6.61 Å². The first-order valence-corrected chi connectivity index (χ1v) is 4.80. The van der Waals surface area contributed by atoms with Gasteiger partial charge in [0.05, 0.1) is 19.8 Å². The normalized spacial score (nSPS) is 10.1. The molecule has 3 heteroatoms. The highest BCUT2D eigenvalue weighted by molar-refractivity contribution is 5.20. The fourth-order valence-electron chi connectivity index (χ4n) is 1.03. The van der Waals surface area contributed by atoms with E-state index in [2.05, 4.69) is 0 Å². The van der Waals surface area contributed by atoms with Crippen molar-refractivity contribution in [3.05, 3.63) is 30.3 Å². The van der Waals surface area contributed by atoms with Crippen molar-refractivity contribution in [1.82, 2.24) is 0 Å². The van der Waals surface area contributed by atoms with Crippen LogP contribution in [0.2, 0.25) is 0 Å². The predicted molar refractivity (Wildman–Crippen MR) is 54.5 cm³/mol. The number of hydrogen-bond donors (Lipinski definition) is 1. The standard InChI is InChI=1S/C11H16O3/c12-7-10-13-8-4-9-14-11-5-2-1-3-6-11/h1-3,5-6,12H,4,7-10H2. The summed E-state index contributed by atoms with van der Waals surface area (Å²) in [6.45, 7) is 1.77. The third kappa shape index (κ3) is 4.84. The Hall–Kier alpha value is -1.06. The van der Waals surface area contributed by atoms with Crippen LogP contribution in [0.25, 0.3) is 0 Å². The second-order valence-electron chi connectivity index (χ2n) is 2.85. The molecule has 0 radical (unpaired) electrons. The zero-order valence-corrected chi connectivity index (χ0v) is 8.19. The van der Waals surface area contributed by atoms with Crippen LogP contribution in [-0.2, 0) is 4.74 Å². The van der Waals surface area contributed by atoms with Gasteiger partial charge in [-0.15, -0.1) is 0 Å². The van der Waals surface area contributed by atoms with E-state index in [0.29, 0.717) is 19.8 Å². The molecular formula is C11H16O3. The van der Waals surface area contributed by atoms with Crippen LogP contribution >= 0.6 is 0 Å². The molecule has 0 aliphatic heterocycles. The van der Waals surface area contributed by atoms with Crippen LogP contribution in [0.5, 0.6) is 5.75 Å². The summed E-state index contributed by atoms with van der Waals surface area (Å²) in [5.41, 5.74) is 0. The molecule has 0 aliphatic rings. The molecule has 0 fully saturated rings. The van der Waals surface area contributed by atoms with Crippen LogP contribution in [-0.4, -0.2) is 31.5 Å². The Morgan fingerprint density at radius 3 is 2.50 bits per heavy atom. The van der Waals surface area contributed by atoms with Gasteiger partial charge in [0.25, 0.3) is 0 Å². The molecule has 0 heterocycles. The van der Waals surface area contributed by atoms with Crippen LogP contribution in [0.15, 0.2) is 30.3 Å². The second-order valence-corrected chi connectivity index (χ2v) is 2.85. The smallest absolute Gasteiger partial charge is 0.119 e. The summed E-state index contributed by atoms with van der Waals surface area (Å²) in [6, 6.07) is 9.69. The molecule has 0 unspecified atom stereocenters. The fraction of sp³-hybridized carbons (Fsp3) is 0.455. The zero-order chi connectivity index (χ0) is 10.1. The van der Waals surface area contributed by atoms with Gasteiger partial charge in [-0.1, -0.05) is 18.2 Å². The summed E-state index contributed by atoms with van der Waals surface area (Å²) in [5, 5.41) is 8.44. The lowest BCUT2D eigenvalue weighted by Crippen LogP contribution is -2.05. The minimum absolute atomic E-state index is 0.0829. The van der Waals surface area contributed by atoms with Crippen molar-refractivity contribution in [2.45, 2.75) is 6.42 Å². The van der Waals surface area contributed by atoms with E-state index < -0.39 is 0 Å². The lowest BCUT2D eigenvalue weighted by atomic mass is 10.3. The van der Waals surface area contributed by atoms with Gasteiger partial charge in [-0.05, 0) is 12.1 Å². The van der Waals surface area contributed by atoms with E-state index in [1.165, 1.54) is 0 Å². The van der Waals surface area contributed by atoms with Crippen molar-refractivity contribution in [3.63, 3.8) is 0 Å². The number of para-hydroxylation sites is 1. The number of aliphatic hydroxyl groups excluding tert-OH is 1. The Morgan fingerprint density at radius 1 is 1.00 bits per heavy atom. The third-order valence-electron chi connectivity index (χ3n) is 1.68. The third-order valence-corrected chi connectivity index (χ3v) is 1.68.